The van der Waals surface area contributed by atoms with Crippen LogP contribution >= 0.6 is 12.4 Å². The number of rotatable bonds is 6. The van der Waals surface area contributed by atoms with Crippen molar-refractivity contribution in [2.45, 2.75) is 24.8 Å². The predicted octanol–water partition coefficient (Wildman–Crippen LogP) is 1.48. The van der Waals surface area contributed by atoms with Crippen molar-refractivity contribution in [1.82, 2.24) is 5.32 Å². The summed E-state index contributed by atoms with van der Waals surface area (Å²) in [5, 5.41) is 2.83. The summed E-state index contributed by atoms with van der Waals surface area (Å²) in [5.41, 5.74) is 5.18. The molecule has 1 saturated carbocycles. The summed E-state index contributed by atoms with van der Waals surface area (Å²) < 4.78 is 5.51. The minimum atomic E-state index is -0.569. The van der Waals surface area contributed by atoms with E-state index in [0.29, 0.717) is 13.2 Å². The van der Waals surface area contributed by atoms with Crippen molar-refractivity contribution in [3.05, 3.63) is 30.3 Å². The third-order valence-corrected chi connectivity index (χ3v) is 2.86. The zero-order valence-corrected chi connectivity index (χ0v) is 11.0. The van der Waals surface area contributed by atoms with Gasteiger partial charge in [0.2, 0.25) is 5.91 Å². The number of ether oxygens (including phenoxy) is 1. The summed E-state index contributed by atoms with van der Waals surface area (Å²) in [5.74, 6) is 0.827. The molecule has 1 aromatic carbocycles. The molecule has 0 unspecified atom stereocenters. The van der Waals surface area contributed by atoms with E-state index in [-0.39, 0.29) is 18.3 Å². The lowest BCUT2D eigenvalue weighted by Crippen LogP contribution is -2.43. The molecule has 0 heterocycles. The Kier molecular flexibility index (Phi) is 5.44. The van der Waals surface area contributed by atoms with Crippen molar-refractivity contribution in [3.8, 4) is 5.75 Å². The Balaban J connectivity index is 0.00000162. The fraction of sp³-hybridized carbons (Fsp3) is 0.462. The summed E-state index contributed by atoms with van der Waals surface area (Å²) in [6, 6.07) is 9.64. The van der Waals surface area contributed by atoms with E-state index in [2.05, 4.69) is 5.32 Å². The number of para-hydroxylation sites is 1. The number of nitrogens with one attached hydrogen (secondary N) is 1. The standard InChI is InChI=1S/C13H18N2O2.ClH/c14-13(7-8-13)12(16)15-9-4-10-17-11-5-2-1-3-6-11;/h1-3,5-6H,4,7-10,14H2,(H,15,16);1H. The maximum atomic E-state index is 11.5. The summed E-state index contributed by atoms with van der Waals surface area (Å²) in [4.78, 5) is 11.5. The maximum Gasteiger partial charge on any atom is 0.240 e. The number of nitrogens with two attached hydrogens (primary N) is 1. The fourth-order valence-corrected chi connectivity index (χ4v) is 1.52. The number of carbonyl (C=O) groups excluding carboxylic acids is 1. The average Bonchev–Trinajstić information content (AvgIpc) is 3.09. The quantitative estimate of drug-likeness (QED) is 0.770. The van der Waals surface area contributed by atoms with Crippen LogP contribution in [0.4, 0.5) is 0 Å². The van der Waals surface area contributed by atoms with Crippen LogP contribution in [0.5, 0.6) is 5.75 Å². The van der Waals surface area contributed by atoms with Gasteiger partial charge in [-0.3, -0.25) is 4.79 Å². The predicted molar refractivity (Wildman–Crippen MR) is 73.0 cm³/mol. The van der Waals surface area contributed by atoms with E-state index in [1.807, 2.05) is 30.3 Å². The van der Waals surface area contributed by atoms with Crippen molar-refractivity contribution in [1.29, 1.82) is 0 Å². The van der Waals surface area contributed by atoms with Gasteiger partial charge < -0.3 is 15.8 Å². The van der Waals surface area contributed by atoms with E-state index in [0.717, 1.165) is 25.0 Å². The number of benzene rings is 1. The summed E-state index contributed by atoms with van der Waals surface area (Å²) >= 11 is 0. The Bertz CT molecular complexity index is 380. The largest absolute Gasteiger partial charge is 0.494 e. The number of carbonyl (C=O) groups is 1. The average molecular weight is 271 g/mol. The first-order chi connectivity index (χ1) is 8.21. The van der Waals surface area contributed by atoms with Crippen LogP contribution in [0.25, 0.3) is 0 Å². The molecule has 0 radical (unpaired) electrons. The molecule has 1 amide bonds. The third kappa shape index (κ3) is 4.20. The lowest BCUT2D eigenvalue weighted by molar-refractivity contribution is -0.123. The van der Waals surface area contributed by atoms with Crippen LogP contribution in [0.3, 0.4) is 0 Å². The Morgan fingerprint density at radius 3 is 2.61 bits per heavy atom. The molecule has 1 fully saturated rings. The molecule has 5 heteroatoms. The molecule has 0 saturated heterocycles. The highest BCUT2D eigenvalue weighted by molar-refractivity contribution is 5.88. The van der Waals surface area contributed by atoms with Crippen LogP contribution < -0.4 is 15.8 Å². The highest BCUT2D eigenvalue weighted by Crippen LogP contribution is 2.31. The van der Waals surface area contributed by atoms with Gasteiger partial charge in [0.05, 0.1) is 12.1 Å². The van der Waals surface area contributed by atoms with E-state index < -0.39 is 5.54 Å². The Morgan fingerprint density at radius 1 is 1.33 bits per heavy atom. The van der Waals surface area contributed by atoms with Gasteiger partial charge in [-0.05, 0) is 31.4 Å². The number of hydrogen-bond donors (Lipinski definition) is 2. The van der Waals surface area contributed by atoms with Gasteiger partial charge in [0.1, 0.15) is 5.75 Å². The van der Waals surface area contributed by atoms with Gasteiger partial charge in [0.15, 0.2) is 0 Å². The van der Waals surface area contributed by atoms with Gasteiger partial charge >= 0.3 is 0 Å². The smallest absolute Gasteiger partial charge is 0.240 e. The minimum absolute atomic E-state index is 0. The van der Waals surface area contributed by atoms with Crippen molar-refractivity contribution < 1.29 is 9.53 Å². The Morgan fingerprint density at radius 2 is 2.00 bits per heavy atom. The normalized spacial score (nSPS) is 15.4. The van der Waals surface area contributed by atoms with Gasteiger partial charge in [-0.1, -0.05) is 18.2 Å². The highest BCUT2D eigenvalue weighted by Gasteiger charge is 2.45. The van der Waals surface area contributed by atoms with Crippen LogP contribution in [0.1, 0.15) is 19.3 Å². The number of halogens is 1. The van der Waals surface area contributed by atoms with Gasteiger partial charge in [0.25, 0.3) is 0 Å². The zero-order valence-electron chi connectivity index (χ0n) is 10.2. The molecular weight excluding hydrogens is 252 g/mol. The van der Waals surface area contributed by atoms with Crippen LogP contribution in [0, 0.1) is 0 Å². The first-order valence-electron chi connectivity index (χ1n) is 5.96. The fourth-order valence-electron chi connectivity index (χ4n) is 1.52. The molecule has 0 aromatic heterocycles. The van der Waals surface area contributed by atoms with Crippen molar-refractivity contribution in [3.63, 3.8) is 0 Å². The molecule has 1 aromatic rings. The van der Waals surface area contributed by atoms with Crippen molar-refractivity contribution >= 4 is 18.3 Å². The van der Waals surface area contributed by atoms with Crippen LogP contribution in [0.2, 0.25) is 0 Å². The van der Waals surface area contributed by atoms with E-state index in [1.54, 1.807) is 0 Å². The summed E-state index contributed by atoms with van der Waals surface area (Å²) in [6.07, 6.45) is 2.40. The lowest BCUT2D eigenvalue weighted by Gasteiger charge is -2.10. The molecule has 0 aliphatic heterocycles. The monoisotopic (exact) mass is 270 g/mol. The molecule has 100 valence electrons. The van der Waals surface area contributed by atoms with Gasteiger partial charge in [-0.2, -0.15) is 0 Å². The van der Waals surface area contributed by atoms with Crippen molar-refractivity contribution in [2.75, 3.05) is 13.2 Å². The minimum Gasteiger partial charge on any atom is -0.494 e. The summed E-state index contributed by atoms with van der Waals surface area (Å²) in [6.45, 7) is 1.21. The molecule has 1 aliphatic carbocycles. The third-order valence-electron chi connectivity index (χ3n) is 2.86. The molecule has 18 heavy (non-hydrogen) atoms. The second-order valence-electron chi connectivity index (χ2n) is 4.43. The topological polar surface area (TPSA) is 64.4 Å². The number of hydrogen-bond acceptors (Lipinski definition) is 3. The zero-order chi connectivity index (χ0) is 12.1. The number of amides is 1. The molecule has 0 spiro atoms. The van der Waals surface area contributed by atoms with E-state index in [4.69, 9.17) is 10.5 Å². The molecule has 1 aliphatic rings. The van der Waals surface area contributed by atoms with Gasteiger partial charge in [-0.25, -0.2) is 0 Å². The van der Waals surface area contributed by atoms with Gasteiger partial charge in [-0.15, -0.1) is 12.4 Å². The second kappa shape index (κ2) is 6.61. The SMILES string of the molecule is Cl.NC1(C(=O)NCCCOc2ccccc2)CC1. The Labute approximate surface area is 113 Å². The van der Waals surface area contributed by atoms with E-state index in [1.165, 1.54) is 0 Å². The van der Waals surface area contributed by atoms with Crippen LogP contribution in [-0.4, -0.2) is 24.6 Å². The molecule has 4 nitrogen and oxygen atoms in total. The van der Waals surface area contributed by atoms with Crippen molar-refractivity contribution in [2.24, 2.45) is 5.73 Å². The highest BCUT2D eigenvalue weighted by atomic mass is 35.5. The van der Waals surface area contributed by atoms with Crippen LogP contribution in [-0.2, 0) is 4.79 Å². The second-order valence-corrected chi connectivity index (χ2v) is 4.43. The molecule has 2 rings (SSSR count). The lowest BCUT2D eigenvalue weighted by atomic mass is 10.2. The maximum absolute atomic E-state index is 11.5. The first kappa shape index (κ1) is 14.8. The molecule has 0 atom stereocenters. The van der Waals surface area contributed by atoms with Gasteiger partial charge in [0, 0.05) is 6.54 Å². The van der Waals surface area contributed by atoms with E-state index in [9.17, 15) is 4.79 Å². The molecule has 3 N–H and O–H groups in total. The molecular formula is C13H19ClN2O2. The van der Waals surface area contributed by atoms with Crippen LogP contribution in [0.15, 0.2) is 30.3 Å². The summed E-state index contributed by atoms with van der Waals surface area (Å²) in [7, 11) is 0. The first-order valence-corrected chi connectivity index (χ1v) is 5.96. The van der Waals surface area contributed by atoms with E-state index >= 15 is 0 Å². The Hall–Kier alpha value is -1.26. The molecule has 0 bridgehead atoms.